The van der Waals surface area contributed by atoms with Crippen molar-refractivity contribution in [2.24, 2.45) is 0 Å². The minimum atomic E-state index is 0.673. The number of aromatic nitrogens is 1. The molecule has 0 aliphatic heterocycles. The number of hydrogen-bond donors (Lipinski definition) is 1. The van der Waals surface area contributed by atoms with Crippen LogP contribution >= 0.6 is 0 Å². The molecule has 1 heterocycles. The average molecular weight is 237 g/mol. The van der Waals surface area contributed by atoms with E-state index < -0.39 is 0 Å². The maximum atomic E-state index is 9.07. The Balaban J connectivity index is 2.16. The molecule has 18 heavy (non-hydrogen) atoms. The van der Waals surface area contributed by atoms with Gasteiger partial charge in [-0.1, -0.05) is 18.2 Å². The van der Waals surface area contributed by atoms with Gasteiger partial charge in [0.2, 0.25) is 0 Å². The molecular formula is C15H15N3. The van der Waals surface area contributed by atoms with Crippen molar-refractivity contribution in [3.8, 4) is 6.07 Å². The number of aryl methyl sites for hydroxylation is 2. The molecule has 0 radical (unpaired) electrons. The van der Waals surface area contributed by atoms with Crippen LogP contribution in [-0.4, -0.2) is 4.98 Å². The second-order valence-corrected chi connectivity index (χ2v) is 4.27. The molecule has 0 saturated carbocycles. The van der Waals surface area contributed by atoms with Gasteiger partial charge in [-0.3, -0.25) is 4.98 Å². The van der Waals surface area contributed by atoms with E-state index in [0.29, 0.717) is 12.1 Å². The molecule has 3 nitrogen and oxygen atoms in total. The van der Waals surface area contributed by atoms with Gasteiger partial charge in [0.15, 0.2) is 0 Å². The van der Waals surface area contributed by atoms with E-state index >= 15 is 0 Å². The van der Waals surface area contributed by atoms with E-state index in [1.807, 2.05) is 50.4 Å². The summed E-state index contributed by atoms with van der Waals surface area (Å²) in [5, 5.41) is 12.4. The second-order valence-electron chi connectivity index (χ2n) is 4.27. The highest BCUT2D eigenvalue weighted by molar-refractivity contribution is 5.62. The summed E-state index contributed by atoms with van der Waals surface area (Å²) >= 11 is 0. The van der Waals surface area contributed by atoms with Crippen LogP contribution in [0.2, 0.25) is 0 Å². The van der Waals surface area contributed by atoms with Crippen LogP contribution < -0.4 is 5.32 Å². The van der Waals surface area contributed by atoms with Crippen molar-refractivity contribution >= 4 is 5.69 Å². The Hall–Kier alpha value is -2.34. The van der Waals surface area contributed by atoms with Gasteiger partial charge in [-0.25, -0.2) is 0 Å². The maximum absolute atomic E-state index is 9.07. The molecule has 2 rings (SSSR count). The lowest BCUT2D eigenvalue weighted by molar-refractivity contribution is 1.08. The molecule has 0 amide bonds. The molecule has 1 aromatic carbocycles. The summed E-state index contributed by atoms with van der Waals surface area (Å²) in [6, 6.07) is 11.9. The topological polar surface area (TPSA) is 48.7 Å². The van der Waals surface area contributed by atoms with Crippen molar-refractivity contribution in [3.63, 3.8) is 0 Å². The molecule has 0 fully saturated rings. The third kappa shape index (κ3) is 2.67. The predicted molar refractivity (Wildman–Crippen MR) is 72.2 cm³/mol. The first kappa shape index (κ1) is 12.1. The van der Waals surface area contributed by atoms with Crippen molar-refractivity contribution in [1.29, 1.82) is 5.26 Å². The van der Waals surface area contributed by atoms with Crippen LogP contribution in [0.5, 0.6) is 0 Å². The zero-order chi connectivity index (χ0) is 13.0. The number of anilines is 1. The van der Waals surface area contributed by atoms with Gasteiger partial charge in [-0.15, -0.1) is 0 Å². The lowest BCUT2D eigenvalue weighted by Gasteiger charge is -2.11. The van der Waals surface area contributed by atoms with Crippen molar-refractivity contribution in [1.82, 2.24) is 4.98 Å². The van der Waals surface area contributed by atoms with Gasteiger partial charge < -0.3 is 5.32 Å². The lowest BCUT2D eigenvalue weighted by atomic mass is 10.1. The fourth-order valence-corrected chi connectivity index (χ4v) is 1.79. The maximum Gasteiger partial charge on any atom is 0.101 e. The molecule has 0 unspecified atom stereocenters. The molecular weight excluding hydrogens is 222 g/mol. The Morgan fingerprint density at radius 1 is 1.22 bits per heavy atom. The number of benzene rings is 1. The van der Waals surface area contributed by atoms with Gasteiger partial charge in [0, 0.05) is 18.4 Å². The number of rotatable bonds is 3. The third-order valence-electron chi connectivity index (χ3n) is 2.84. The van der Waals surface area contributed by atoms with E-state index in [0.717, 1.165) is 22.5 Å². The van der Waals surface area contributed by atoms with Crippen LogP contribution in [0.1, 0.15) is 22.4 Å². The smallest absolute Gasteiger partial charge is 0.101 e. The minimum absolute atomic E-state index is 0.673. The molecule has 2 aromatic rings. The van der Waals surface area contributed by atoms with Crippen LogP contribution in [0.3, 0.4) is 0 Å². The summed E-state index contributed by atoms with van der Waals surface area (Å²) in [7, 11) is 0. The molecule has 3 heteroatoms. The van der Waals surface area contributed by atoms with Crippen LogP contribution in [0, 0.1) is 25.2 Å². The van der Waals surface area contributed by atoms with Crippen LogP contribution in [0.15, 0.2) is 36.5 Å². The number of nitrogens with zero attached hydrogens (tertiary/aromatic N) is 2. The van der Waals surface area contributed by atoms with Gasteiger partial charge in [-0.05, 0) is 37.1 Å². The molecule has 0 aliphatic carbocycles. The van der Waals surface area contributed by atoms with E-state index in [1.165, 1.54) is 0 Å². The first-order valence-electron chi connectivity index (χ1n) is 5.86. The summed E-state index contributed by atoms with van der Waals surface area (Å²) in [5.41, 5.74) is 4.77. The van der Waals surface area contributed by atoms with E-state index in [4.69, 9.17) is 5.26 Å². The highest BCUT2D eigenvalue weighted by Crippen LogP contribution is 2.20. The second kappa shape index (κ2) is 5.33. The quantitative estimate of drug-likeness (QED) is 0.891. The fourth-order valence-electron chi connectivity index (χ4n) is 1.79. The molecule has 0 bridgehead atoms. The molecule has 90 valence electrons. The molecule has 0 saturated heterocycles. The van der Waals surface area contributed by atoms with Crippen molar-refractivity contribution in [2.45, 2.75) is 20.4 Å². The average Bonchev–Trinajstić information content (AvgIpc) is 2.39. The molecule has 0 spiro atoms. The van der Waals surface area contributed by atoms with Gasteiger partial charge >= 0.3 is 0 Å². The molecule has 0 aliphatic rings. The number of pyridine rings is 1. The summed E-state index contributed by atoms with van der Waals surface area (Å²) in [4.78, 5) is 4.25. The Morgan fingerprint density at radius 2 is 2.06 bits per heavy atom. The fraction of sp³-hybridized carbons (Fsp3) is 0.200. The highest BCUT2D eigenvalue weighted by atomic mass is 14.9. The van der Waals surface area contributed by atoms with Gasteiger partial charge in [-0.2, -0.15) is 5.26 Å². The van der Waals surface area contributed by atoms with Crippen molar-refractivity contribution < 1.29 is 0 Å². The van der Waals surface area contributed by atoms with E-state index in [-0.39, 0.29) is 0 Å². The largest absolute Gasteiger partial charge is 0.380 e. The SMILES string of the molecule is Cc1ccc(CNc2c(C)cccc2C#N)cn1. The van der Waals surface area contributed by atoms with Gasteiger partial charge in [0.05, 0.1) is 11.3 Å². The van der Waals surface area contributed by atoms with E-state index in [2.05, 4.69) is 16.4 Å². The Bertz CT molecular complexity index is 580. The zero-order valence-corrected chi connectivity index (χ0v) is 10.6. The van der Waals surface area contributed by atoms with E-state index in [9.17, 15) is 0 Å². The summed E-state index contributed by atoms with van der Waals surface area (Å²) in [6.07, 6.45) is 1.85. The highest BCUT2D eigenvalue weighted by Gasteiger charge is 2.04. The standard InChI is InChI=1S/C15H15N3/c1-11-4-3-5-14(8-16)15(11)18-10-13-7-6-12(2)17-9-13/h3-7,9,18H,10H2,1-2H3. The normalized spacial score (nSPS) is 9.83. The van der Waals surface area contributed by atoms with Gasteiger partial charge in [0.1, 0.15) is 6.07 Å². The van der Waals surface area contributed by atoms with Crippen molar-refractivity contribution in [3.05, 3.63) is 58.9 Å². The molecule has 1 aromatic heterocycles. The predicted octanol–water partition coefficient (Wildman–Crippen LogP) is 3.18. The number of nitriles is 1. The molecule has 0 atom stereocenters. The Morgan fingerprint density at radius 3 is 2.72 bits per heavy atom. The molecule has 1 N–H and O–H groups in total. The van der Waals surface area contributed by atoms with Gasteiger partial charge in [0.25, 0.3) is 0 Å². The number of nitrogens with one attached hydrogen (secondary N) is 1. The van der Waals surface area contributed by atoms with Crippen molar-refractivity contribution in [2.75, 3.05) is 5.32 Å². The number of hydrogen-bond acceptors (Lipinski definition) is 3. The van der Waals surface area contributed by atoms with E-state index in [1.54, 1.807) is 0 Å². The van der Waals surface area contributed by atoms with Crippen LogP contribution in [0.4, 0.5) is 5.69 Å². The summed E-state index contributed by atoms with van der Waals surface area (Å²) in [5.74, 6) is 0. The summed E-state index contributed by atoms with van der Waals surface area (Å²) < 4.78 is 0. The Labute approximate surface area is 107 Å². The summed E-state index contributed by atoms with van der Waals surface area (Å²) in [6.45, 7) is 4.63. The monoisotopic (exact) mass is 237 g/mol. The number of para-hydroxylation sites is 1. The zero-order valence-electron chi connectivity index (χ0n) is 10.6. The van der Waals surface area contributed by atoms with Crippen LogP contribution in [-0.2, 0) is 6.54 Å². The first-order chi connectivity index (χ1) is 8.70. The lowest BCUT2D eigenvalue weighted by Crippen LogP contribution is -2.03. The van der Waals surface area contributed by atoms with Crippen LogP contribution in [0.25, 0.3) is 0 Å². The third-order valence-corrected chi connectivity index (χ3v) is 2.84. The Kier molecular flexibility index (Phi) is 3.59. The first-order valence-corrected chi connectivity index (χ1v) is 5.86. The minimum Gasteiger partial charge on any atom is -0.380 e.